The Bertz CT molecular complexity index is 766. The van der Waals surface area contributed by atoms with Crippen LogP contribution in [0.4, 0.5) is 24.5 Å². The van der Waals surface area contributed by atoms with Crippen LogP contribution in [0.5, 0.6) is 0 Å². The number of carbonyl (C=O) groups excluding carboxylic acids is 1. The summed E-state index contributed by atoms with van der Waals surface area (Å²) in [6, 6.07) is 1.45. The molecule has 2 rings (SSSR count). The summed E-state index contributed by atoms with van der Waals surface area (Å²) in [6.07, 6.45) is -3.09. The molecule has 168 valence electrons. The van der Waals surface area contributed by atoms with Gasteiger partial charge in [0.25, 0.3) is 5.69 Å². The number of piperidine rings is 1. The Balaban J connectivity index is 1.98. The normalized spacial score (nSPS) is 15.5. The fourth-order valence-corrected chi connectivity index (χ4v) is 3.56. The zero-order chi connectivity index (χ0) is 22.5. The lowest BCUT2D eigenvalue weighted by molar-refractivity contribution is -0.384. The minimum atomic E-state index is -4.79. The number of nitrogens with one attached hydrogen (secondary N) is 1. The van der Waals surface area contributed by atoms with E-state index in [1.807, 2.05) is 13.8 Å². The van der Waals surface area contributed by atoms with Crippen molar-refractivity contribution in [3.05, 3.63) is 32.8 Å². The van der Waals surface area contributed by atoms with Crippen LogP contribution in [-0.2, 0) is 15.7 Å². The summed E-state index contributed by atoms with van der Waals surface area (Å²) in [5.74, 6) is -0.351. The Morgan fingerprint density at radius 3 is 2.53 bits per heavy atom. The first-order valence-electron chi connectivity index (χ1n) is 9.70. The first-order valence-corrected chi connectivity index (χ1v) is 10.1. The average molecular weight is 452 g/mol. The van der Waals surface area contributed by atoms with Gasteiger partial charge in [-0.05, 0) is 39.2 Å². The van der Waals surface area contributed by atoms with E-state index in [-0.39, 0.29) is 23.6 Å². The molecule has 1 aromatic carbocycles. The lowest BCUT2D eigenvalue weighted by atomic mass is 9.95. The van der Waals surface area contributed by atoms with Crippen LogP contribution < -0.4 is 10.2 Å². The summed E-state index contributed by atoms with van der Waals surface area (Å²) in [5.41, 5.74) is -1.86. The number of hydrogen-bond donors (Lipinski definition) is 1. The van der Waals surface area contributed by atoms with Gasteiger partial charge in [-0.15, -0.1) is 0 Å². The van der Waals surface area contributed by atoms with E-state index in [0.717, 1.165) is 6.07 Å². The highest BCUT2D eigenvalue weighted by Crippen LogP contribution is 2.42. The minimum Gasteiger partial charge on any atom is -0.379 e. The summed E-state index contributed by atoms with van der Waals surface area (Å²) >= 11 is 5.75. The van der Waals surface area contributed by atoms with E-state index in [1.54, 1.807) is 4.90 Å². The molecule has 1 saturated heterocycles. The molecule has 1 amide bonds. The molecular weight excluding hydrogens is 427 g/mol. The molecule has 0 radical (unpaired) electrons. The van der Waals surface area contributed by atoms with Gasteiger partial charge in [0.1, 0.15) is 5.69 Å². The summed E-state index contributed by atoms with van der Waals surface area (Å²) in [7, 11) is 0. The molecule has 0 unspecified atom stereocenters. The van der Waals surface area contributed by atoms with Crippen molar-refractivity contribution in [3.63, 3.8) is 0 Å². The Hall–Kier alpha value is -2.07. The van der Waals surface area contributed by atoms with Gasteiger partial charge in [-0.25, -0.2) is 0 Å². The second-order valence-electron chi connectivity index (χ2n) is 7.40. The van der Waals surface area contributed by atoms with Gasteiger partial charge in [-0.3, -0.25) is 14.9 Å². The number of rotatable bonds is 8. The van der Waals surface area contributed by atoms with E-state index in [9.17, 15) is 28.1 Å². The monoisotopic (exact) mass is 451 g/mol. The average Bonchev–Trinajstić information content (AvgIpc) is 2.66. The third kappa shape index (κ3) is 6.46. The van der Waals surface area contributed by atoms with Gasteiger partial charge in [0, 0.05) is 38.2 Å². The summed E-state index contributed by atoms with van der Waals surface area (Å²) < 4.78 is 44.5. The van der Waals surface area contributed by atoms with Gasteiger partial charge in [0.15, 0.2) is 0 Å². The number of anilines is 1. The van der Waals surface area contributed by atoms with Crippen molar-refractivity contribution in [1.29, 1.82) is 0 Å². The number of alkyl halides is 3. The molecule has 11 heteroatoms. The number of nitro groups is 1. The zero-order valence-electron chi connectivity index (χ0n) is 16.8. The van der Waals surface area contributed by atoms with E-state index >= 15 is 0 Å². The molecular formula is C19H25ClF3N3O4. The molecule has 1 aliphatic rings. The zero-order valence-corrected chi connectivity index (χ0v) is 17.6. The Labute approximate surface area is 177 Å². The van der Waals surface area contributed by atoms with Gasteiger partial charge < -0.3 is 15.0 Å². The number of nitro benzene ring substituents is 1. The number of amides is 1. The molecule has 30 heavy (non-hydrogen) atoms. The van der Waals surface area contributed by atoms with Gasteiger partial charge in [0.2, 0.25) is 5.91 Å². The van der Waals surface area contributed by atoms with Crippen molar-refractivity contribution < 1.29 is 27.6 Å². The molecule has 7 nitrogen and oxygen atoms in total. The number of hydrogen-bond acceptors (Lipinski definition) is 5. The predicted molar refractivity (Wildman–Crippen MR) is 107 cm³/mol. The van der Waals surface area contributed by atoms with Crippen LogP contribution >= 0.6 is 11.6 Å². The lowest BCUT2D eigenvalue weighted by Gasteiger charge is -2.33. The molecule has 0 bridgehead atoms. The third-order valence-electron chi connectivity index (χ3n) is 4.84. The van der Waals surface area contributed by atoms with Crippen molar-refractivity contribution in [1.82, 2.24) is 5.32 Å². The largest absolute Gasteiger partial charge is 0.418 e. The summed E-state index contributed by atoms with van der Waals surface area (Å²) in [6.45, 7) is 5.51. The number of benzene rings is 1. The van der Waals surface area contributed by atoms with Crippen molar-refractivity contribution in [2.24, 2.45) is 5.92 Å². The third-order valence-corrected chi connectivity index (χ3v) is 5.16. The van der Waals surface area contributed by atoms with Crippen LogP contribution in [-0.4, -0.2) is 43.2 Å². The van der Waals surface area contributed by atoms with Crippen molar-refractivity contribution in [3.8, 4) is 0 Å². The van der Waals surface area contributed by atoms with Crippen molar-refractivity contribution in [2.75, 3.05) is 31.1 Å². The highest BCUT2D eigenvalue weighted by molar-refractivity contribution is 6.31. The van der Waals surface area contributed by atoms with Gasteiger partial charge in [-0.2, -0.15) is 13.2 Å². The second-order valence-corrected chi connectivity index (χ2v) is 7.81. The summed E-state index contributed by atoms with van der Waals surface area (Å²) in [4.78, 5) is 24.4. The Morgan fingerprint density at radius 1 is 1.37 bits per heavy atom. The maximum absolute atomic E-state index is 13.0. The van der Waals surface area contributed by atoms with Crippen LogP contribution in [0.2, 0.25) is 5.02 Å². The SMILES string of the molecule is CC(C)OCCCNC(=O)C1CCN(c2cc(Cl)c(C(F)(F)F)cc2[N+](=O)[O-])CC1. The van der Waals surface area contributed by atoms with E-state index in [4.69, 9.17) is 16.3 Å². The molecule has 1 fully saturated rings. The number of carbonyl (C=O) groups is 1. The molecule has 0 spiro atoms. The molecule has 0 saturated carbocycles. The first-order chi connectivity index (χ1) is 14.0. The molecule has 0 aromatic heterocycles. The van der Waals surface area contributed by atoms with Gasteiger partial charge in [0.05, 0.1) is 21.6 Å². The molecule has 0 atom stereocenters. The molecule has 1 heterocycles. The minimum absolute atomic E-state index is 0.0303. The van der Waals surface area contributed by atoms with Crippen molar-refractivity contribution in [2.45, 2.75) is 45.4 Å². The van der Waals surface area contributed by atoms with Crippen LogP contribution in [0.3, 0.4) is 0 Å². The lowest BCUT2D eigenvalue weighted by Crippen LogP contribution is -2.41. The number of halogens is 4. The Kier molecular flexibility index (Phi) is 8.31. The van der Waals surface area contributed by atoms with Crippen LogP contribution in [0.1, 0.15) is 38.7 Å². The van der Waals surface area contributed by atoms with E-state index in [2.05, 4.69) is 5.32 Å². The van der Waals surface area contributed by atoms with Gasteiger partial charge in [-0.1, -0.05) is 11.6 Å². The van der Waals surface area contributed by atoms with Crippen molar-refractivity contribution >= 4 is 28.9 Å². The molecule has 0 aliphatic carbocycles. The standard InChI is InChI=1S/C19H25ClF3N3O4/c1-12(2)30-9-3-6-24-18(27)13-4-7-25(8-5-13)16-11-15(20)14(19(21,22)23)10-17(16)26(28)29/h10-13H,3-9H2,1-2H3,(H,24,27). The maximum atomic E-state index is 13.0. The van der Waals surface area contributed by atoms with E-state index in [1.165, 1.54) is 0 Å². The first kappa shape index (κ1) is 24.2. The molecule has 1 aromatic rings. The fraction of sp³-hybridized carbons (Fsp3) is 0.632. The fourth-order valence-electron chi connectivity index (χ4n) is 3.30. The van der Waals surface area contributed by atoms with Crippen LogP contribution in [0.25, 0.3) is 0 Å². The summed E-state index contributed by atoms with van der Waals surface area (Å²) in [5, 5.41) is 13.6. The van der Waals surface area contributed by atoms with E-state index < -0.39 is 27.4 Å². The highest BCUT2D eigenvalue weighted by atomic mass is 35.5. The maximum Gasteiger partial charge on any atom is 0.418 e. The van der Waals surface area contributed by atoms with Crippen LogP contribution in [0, 0.1) is 16.0 Å². The highest BCUT2D eigenvalue weighted by Gasteiger charge is 2.37. The second kappa shape index (κ2) is 10.3. The predicted octanol–water partition coefficient (Wildman–Crippen LogP) is 4.41. The quantitative estimate of drug-likeness (QED) is 0.359. The van der Waals surface area contributed by atoms with Gasteiger partial charge >= 0.3 is 6.18 Å². The molecule has 1 N–H and O–H groups in total. The smallest absolute Gasteiger partial charge is 0.379 e. The van der Waals surface area contributed by atoms with Crippen LogP contribution in [0.15, 0.2) is 12.1 Å². The molecule has 1 aliphatic heterocycles. The number of ether oxygens (including phenoxy) is 1. The number of nitrogens with zero attached hydrogens (tertiary/aromatic N) is 2. The topological polar surface area (TPSA) is 84.7 Å². The van der Waals surface area contributed by atoms with E-state index in [0.29, 0.717) is 51.6 Å². The Morgan fingerprint density at radius 2 is 2.00 bits per heavy atom.